The highest BCUT2D eigenvalue weighted by atomic mass is 31.2. The summed E-state index contributed by atoms with van der Waals surface area (Å²) in [6, 6.07) is 0. The number of phosphoric acid groups is 1. The van der Waals surface area contributed by atoms with Crippen molar-refractivity contribution in [1.29, 1.82) is 0 Å². The molecule has 0 spiro atoms. The van der Waals surface area contributed by atoms with Gasteiger partial charge < -0.3 is 27.9 Å². The van der Waals surface area contributed by atoms with Crippen molar-refractivity contribution in [2.45, 2.75) is 84.2 Å². The Bertz CT molecular complexity index is 565. The Labute approximate surface area is 193 Å². The second-order valence-corrected chi connectivity index (χ2v) is 10.4. The zero-order chi connectivity index (χ0) is 24.5. The Balaban J connectivity index is 4.42. The molecule has 10 heteroatoms. The molecule has 0 aliphatic carbocycles. The molecule has 0 aromatic carbocycles. The summed E-state index contributed by atoms with van der Waals surface area (Å²) < 4.78 is 32.6. The standard InChI is InChI=1S/C22H44NO8P/c1-6-8-9-10-11-12-13-15-21(24)28-18-20(31-22(25)14-7-2)19-30-32(26,27)29-17-16-23(3,4)5/h20H,6-19H2,1-5H3/t20-/m1/s1. The van der Waals surface area contributed by atoms with E-state index in [1.807, 2.05) is 28.1 Å². The maximum Gasteiger partial charge on any atom is 0.306 e. The van der Waals surface area contributed by atoms with Crippen molar-refractivity contribution in [3.05, 3.63) is 0 Å². The van der Waals surface area contributed by atoms with Crippen LogP contribution in [0.5, 0.6) is 0 Å². The van der Waals surface area contributed by atoms with Crippen molar-refractivity contribution in [3.63, 3.8) is 0 Å². The van der Waals surface area contributed by atoms with Gasteiger partial charge in [0, 0.05) is 12.8 Å². The molecule has 0 fully saturated rings. The summed E-state index contributed by atoms with van der Waals surface area (Å²) in [7, 11) is 1.16. The van der Waals surface area contributed by atoms with Crippen LogP contribution in [0.2, 0.25) is 0 Å². The average Bonchev–Trinajstić information content (AvgIpc) is 2.68. The third-order valence-electron chi connectivity index (χ3n) is 4.60. The number of hydrogen-bond donors (Lipinski definition) is 0. The molecule has 0 aliphatic rings. The number of rotatable bonds is 20. The monoisotopic (exact) mass is 481 g/mol. The number of carbonyl (C=O) groups excluding carboxylic acids is 2. The molecule has 0 N–H and O–H groups in total. The van der Waals surface area contributed by atoms with E-state index in [-0.39, 0.29) is 26.1 Å². The molecular weight excluding hydrogens is 437 g/mol. The Kier molecular flexibility index (Phi) is 16.9. The van der Waals surface area contributed by atoms with E-state index < -0.39 is 32.5 Å². The quantitative estimate of drug-likeness (QED) is 0.112. The second-order valence-electron chi connectivity index (χ2n) is 9.01. The van der Waals surface area contributed by atoms with Gasteiger partial charge in [-0.25, -0.2) is 0 Å². The van der Waals surface area contributed by atoms with Crippen molar-refractivity contribution >= 4 is 19.8 Å². The molecule has 0 aliphatic heterocycles. The number of carbonyl (C=O) groups is 2. The second kappa shape index (κ2) is 17.5. The van der Waals surface area contributed by atoms with Gasteiger partial charge in [0.2, 0.25) is 0 Å². The minimum absolute atomic E-state index is 0.0298. The van der Waals surface area contributed by atoms with Crippen LogP contribution in [-0.2, 0) is 32.7 Å². The molecule has 190 valence electrons. The van der Waals surface area contributed by atoms with Crippen LogP contribution in [0.15, 0.2) is 0 Å². The predicted octanol–water partition coefficient (Wildman–Crippen LogP) is 3.59. The van der Waals surface area contributed by atoms with Crippen LogP contribution in [0.1, 0.15) is 78.1 Å². The molecule has 0 saturated heterocycles. The van der Waals surface area contributed by atoms with Gasteiger partial charge in [0.1, 0.15) is 19.8 Å². The van der Waals surface area contributed by atoms with Crippen LogP contribution in [0.3, 0.4) is 0 Å². The van der Waals surface area contributed by atoms with Crippen LogP contribution in [0.4, 0.5) is 0 Å². The number of phosphoric ester groups is 1. The highest BCUT2D eigenvalue weighted by Crippen LogP contribution is 2.38. The van der Waals surface area contributed by atoms with Gasteiger partial charge in [0.05, 0.1) is 27.7 Å². The van der Waals surface area contributed by atoms with Gasteiger partial charge in [-0.15, -0.1) is 0 Å². The number of hydrogen-bond acceptors (Lipinski definition) is 8. The fourth-order valence-electron chi connectivity index (χ4n) is 2.69. The van der Waals surface area contributed by atoms with E-state index in [9.17, 15) is 19.0 Å². The van der Waals surface area contributed by atoms with E-state index in [2.05, 4.69) is 6.92 Å². The van der Waals surface area contributed by atoms with E-state index in [1.165, 1.54) is 25.7 Å². The Hall–Kier alpha value is -0.990. The number of ether oxygens (including phenoxy) is 2. The first-order valence-electron chi connectivity index (χ1n) is 11.7. The first-order valence-corrected chi connectivity index (χ1v) is 13.2. The van der Waals surface area contributed by atoms with E-state index in [0.29, 0.717) is 17.4 Å². The van der Waals surface area contributed by atoms with E-state index in [1.54, 1.807) is 0 Å². The Morgan fingerprint density at radius 2 is 1.47 bits per heavy atom. The van der Waals surface area contributed by atoms with Gasteiger partial charge in [0.15, 0.2) is 6.10 Å². The molecule has 0 saturated carbocycles. The third kappa shape index (κ3) is 19.7. The minimum Gasteiger partial charge on any atom is -0.756 e. The molecule has 0 heterocycles. The number of nitrogens with zero attached hydrogens (tertiary/aromatic N) is 1. The van der Waals surface area contributed by atoms with Crippen molar-refractivity contribution in [3.8, 4) is 0 Å². The van der Waals surface area contributed by atoms with Gasteiger partial charge in [-0.05, 0) is 12.8 Å². The summed E-state index contributed by atoms with van der Waals surface area (Å²) in [4.78, 5) is 35.8. The molecule has 2 atom stereocenters. The maximum absolute atomic E-state index is 12.0. The van der Waals surface area contributed by atoms with E-state index in [0.717, 1.165) is 19.3 Å². The number of esters is 2. The summed E-state index contributed by atoms with van der Waals surface area (Å²) >= 11 is 0. The summed E-state index contributed by atoms with van der Waals surface area (Å²) in [5.41, 5.74) is 0. The number of unbranched alkanes of at least 4 members (excludes halogenated alkanes) is 6. The molecule has 0 aromatic rings. The molecule has 1 unspecified atom stereocenters. The lowest BCUT2D eigenvalue weighted by Crippen LogP contribution is -2.37. The molecule has 32 heavy (non-hydrogen) atoms. The summed E-state index contributed by atoms with van der Waals surface area (Å²) in [5, 5.41) is 0. The van der Waals surface area contributed by atoms with Crippen molar-refractivity contribution in [2.24, 2.45) is 0 Å². The predicted molar refractivity (Wildman–Crippen MR) is 121 cm³/mol. The molecule has 0 amide bonds. The topological polar surface area (TPSA) is 111 Å². The minimum atomic E-state index is -4.56. The summed E-state index contributed by atoms with van der Waals surface area (Å²) in [6.07, 6.45) is 7.62. The molecule has 0 rings (SSSR count). The van der Waals surface area contributed by atoms with Crippen LogP contribution in [-0.4, -0.2) is 70.0 Å². The lowest BCUT2D eigenvalue weighted by molar-refractivity contribution is -0.870. The largest absolute Gasteiger partial charge is 0.756 e. The molecule has 0 aromatic heterocycles. The molecular formula is C22H44NO8P. The van der Waals surface area contributed by atoms with Gasteiger partial charge >= 0.3 is 11.9 Å². The van der Waals surface area contributed by atoms with Gasteiger partial charge in [-0.2, -0.15) is 0 Å². The molecule has 0 bridgehead atoms. The third-order valence-corrected chi connectivity index (χ3v) is 5.56. The normalized spacial score (nSPS) is 14.6. The lowest BCUT2D eigenvalue weighted by Gasteiger charge is -2.28. The summed E-state index contributed by atoms with van der Waals surface area (Å²) in [6.45, 7) is 3.71. The van der Waals surface area contributed by atoms with Crippen LogP contribution in [0, 0.1) is 0 Å². The van der Waals surface area contributed by atoms with Crippen molar-refractivity contribution in [2.75, 3.05) is 47.5 Å². The molecule has 9 nitrogen and oxygen atoms in total. The SMILES string of the molecule is CCCCCCCCCC(=O)OC[C@H](COP(=O)([O-])OCC[N+](C)(C)C)OC(=O)CCC. The first kappa shape index (κ1) is 31.0. The maximum atomic E-state index is 12.0. The zero-order valence-corrected chi connectivity index (χ0v) is 21.5. The van der Waals surface area contributed by atoms with Crippen molar-refractivity contribution in [1.82, 2.24) is 0 Å². The Morgan fingerprint density at radius 1 is 0.844 bits per heavy atom. The fourth-order valence-corrected chi connectivity index (χ4v) is 3.42. The highest BCUT2D eigenvalue weighted by Gasteiger charge is 2.21. The fraction of sp³-hybridized carbons (Fsp3) is 0.909. The van der Waals surface area contributed by atoms with E-state index in [4.69, 9.17) is 18.5 Å². The first-order chi connectivity index (χ1) is 15.0. The number of quaternary nitrogens is 1. The zero-order valence-electron chi connectivity index (χ0n) is 20.6. The lowest BCUT2D eigenvalue weighted by atomic mass is 10.1. The van der Waals surface area contributed by atoms with E-state index >= 15 is 0 Å². The smallest absolute Gasteiger partial charge is 0.306 e. The Morgan fingerprint density at radius 3 is 2.06 bits per heavy atom. The van der Waals surface area contributed by atoms with Crippen LogP contribution < -0.4 is 4.89 Å². The van der Waals surface area contributed by atoms with Gasteiger partial charge in [0.25, 0.3) is 7.82 Å². The highest BCUT2D eigenvalue weighted by molar-refractivity contribution is 7.45. The van der Waals surface area contributed by atoms with Crippen molar-refractivity contribution < 1.29 is 42.1 Å². The van der Waals surface area contributed by atoms with Crippen LogP contribution in [0.25, 0.3) is 0 Å². The van der Waals surface area contributed by atoms with Gasteiger partial charge in [-0.3, -0.25) is 14.2 Å². The van der Waals surface area contributed by atoms with Gasteiger partial charge in [-0.1, -0.05) is 52.4 Å². The number of likely N-dealkylation sites (N-methyl/N-ethyl adjacent to an activating group) is 1. The van der Waals surface area contributed by atoms with Crippen LogP contribution >= 0.6 is 7.82 Å². The average molecular weight is 482 g/mol. The molecule has 0 radical (unpaired) electrons. The summed E-state index contributed by atoms with van der Waals surface area (Å²) in [5.74, 6) is -0.907.